The molecule has 0 saturated carbocycles. The molecule has 1 saturated heterocycles. The molecule has 1 amide bonds. The molecule has 2 rings (SSSR count). The zero-order valence-electron chi connectivity index (χ0n) is 13.7. The Kier molecular flexibility index (Phi) is 4.48. The van der Waals surface area contributed by atoms with Crippen LogP contribution in [-0.2, 0) is 9.84 Å². The number of hydrogen-bond acceptors (Lipinski definition) is 6. The van der Waals surface area contributed by atoms with Gasteiger partial charge in [-0.2, -0.15) is 0 Å². The quantitative estimate of drug-likeness (QED) is 0.699. The smallest absolute Gasteiger partial charge is 0.253 e. The van der Waals surface area contributed by atoms with Gasteiger partial charge in [-0.05, 0) is 33.8 Å². The molecule has 0 atom stereocenters. The van der Waals surface area contributed by atoms with Crippen LogP contribution in [0.1, 0.15) is 43.7 Å². The first-order chi connectivity index (χ1) is 10.5. The normalized spacial score (nSPS) is 18.1. The van der Waals surface area contributed by atoms with Crippen LogP contribution >= 0.6 is 0 Å². The molecule has 7 nitrogen and oxygen atoms in total. The molecular formula is C15H22N4O3S. The first-order valence-electron chi connectivity index (χ1n) is 7.36. The van der Waals surface area contributed by atoms with Gasteiger partial charge in [0.2, 0.25) is 0 Å². The third-order valence-corrected chi connectivity index (χ3v) is 5.60. The van der Waals surface area contributed by atoms with E-state index in [0.717, 1.165) is 0 Å². The van der Waals surface area contributed by atoms with Crippen molar-refractivity contribution in [3.8, 4) is 0 Å². The Hall–Kier alpha value is -1.96. The predicted octanol–water partition coefficient (Wildman–Crippen LogP) is 1.21. The summed E-state index contributed by atoms with van der Waals surface area (Å²) in [5.74, 6) is -0.460. The molecule has 0 radical (unpaired) electrons. The van der Waals surface area contributed by atoms with Gasteiger partial charge < -0.3 is 16.0 Å². The monoisotopic (exact) mass is 338 g/mol. The number of hydrogen-bond donors (Lipinski definition) is 3. The van der Waals surface area contributed by atoms with Gasteiger partial charge in [-0.15, -0.1) is 0 Å². The highest BCUT2D eigenvalue weighted by Crippen LogP contribution is 2.24. The highest BCUT2D eigenvalue weighted by atomic mass is 32.2. The number of nitrogens with zero attached hydrogens (tertiary/aromatic N) is 1. The van der Waals surface area contributed by atoms with E-state index in [1.807, 2.05) is 13.8 Å². The van der Waals surface area contributed by atoms with Crippen molar-refractivity contribution >= 4 is 27.1 Å². The number of carbonyl (C=O) groups is 1. The lowest BCUT2D eigenvalue weighted by molar-refractivity contribution is 0.0916. The van der Waals surface area contributed by atoms with Crippen LogP contribution in [-0.4, -0.2) is 48.1 Å². The number of aromatic nitrogens is 1. The summed E-state index contributed by atoms with van der Waals surface area (Å²) < 4.78 is 22.6. The molecule has 0 spiro atoms. The Bertz CT molecular complexity index is 744. The van der Waals surface area contributed by atoms with E-state index in [2.05, 4.69) is 15.6 Å². The van der Waals surface area contributed by atoms with Gasteiger partial charge in [0, 0.05) is 12.2 Å². The lowest BCUT2D eigenvalue weighted by Crippen LogP contribution is -2.63. The Balaban J connectivity index is 2.22. The Morgan fingerprint density at radius 1 is 1.39 bits per heavy atom. The van der Waals surface area contributed by atoms with Crippen LogP contribution in [0.2, 0.25) is 0 Å². The molecule has 126 valence electrons. The molecule has 3 N–H and O–H groups in total. The third kappa shape index (κ3) is 4.07. The average molecular weight is 338 g/mol. The first kappa shape index (κ1) is 17.4. The summed E-state index contributed by atoms with van der Waals surface area (Å²) in [6, 6.07) is 1.77. The molecule has 0 aliphatic carbocycles. The largest absolute Gasteiger partial charge is 0.381 e. The van der Waals surface area contributed by atoms with E-state index in [9.17, 15) is 13.2 Å². The van der Waals surface area contributed by atoms with Crippen LogP contribution in [0.4, 0.5) is 5.69 Å². The number of carbonyl (C=O) groups excluding carboxylic acids is 1. The Morgan fingerprint density at radius 2 is 2.00 bits per heavy atom. The molecule has 1 aliphatic rings. The molecule has 8 heteroatoms. The fourth-order valence-electron chi connectivity index (χ4n) is 2.66. The third-order valence-electron chi connectivity index (χ3n) is 3.44. The topological polar surface area (TPSA) is 112 Å². The van der Waals surface area contributed by atoms with Crippen molar-refractivity contribution in [3.05, 3.63) is 23.5 Å². The summed E-state index contributed by atoms with van der Waals surface area (Å²) in [6.07, 6.45) is 1.41. The van der Waals surface area contributed by atoms with Crippen LogP contribution in [0.15, 0.2) is 12.3 Å². The fourth-order valence-corrected chi connectivity index (χ4v) is 4.66. The molecule has 1 aromatic rings. The van der Waals surface area contributed by atoms with E-state index < -0.39 is 15.4 Å². The molecular weight excluding hydrogens is 316 g/mol. The second kappa shape index (κ2) is 5.92. The van der Waals surface area contributed by atoms with Crippen molar-refractivity contribution < 1.29 is 13.2 Å². The zero-order chi connectivity index (χ0) is 17.4. The zero-order valence-corrected chi connectivity index (χ0v) is 14.5. The molecule has 0 aromatic carbocycles. The van der Waals surface area contributed by atoms with E-state index in [-0.39, 0.29) is 23.5 Å². The predicted molar refractivity (Wildman–Crippen MR) is 90.0 cm³/mol. The highest BCUT2D eigenvalue weighted by molar-refractivity contribution is 7.93. The number of anilines is 1. The molecule has 0 bridgehead atoms. The van der Waals surface area contributed by atoms with Gasteiger partial charge in [0.25, 0.3) is 5.91 Å². The molecule has 2 heterocycles. The summed E-state index contributed by atoms with van der Waals surface area (Å²) in [7, 11) is -3.03. The summed E-state index contributed by atoms with van der Waals surface area (Å²) in [5.41, 5.74) is 1.03. The minimum atomic E-state index is -3.03. The fraction of sp³-hybridized carbons (Fsp3) is 0.533. The summed E-state index contributed by atoms with van der Waals surface area (Å²) in [5, 5.41) is 13.7. The van der Waals surface area contributed by atoms with Crippen LogP contribution in [0.25, 0.3) is 0 Å². The number of pyridine rings is 1. The first-order valence-corrected chi connectivity index (χ1v) is 9.18. The number of amides is 1. The number of sulfone groups is 1. The Morgan fingerprint density at radius 3 is 2.48 bits per heavy atom. The van der Waals surface area contributed by atoms with Crippen molar-refractivity contribution in [2.24, 2.45) is 0 Å². The molecule has 1 aliphatic heterocycles. The summed E-state index contributed by atoms with van der Waals surface area (Å²) in [4.78, 5) is 16.5. The van der Waals surface area contributed by atoms with E-state index >= 15 is 0 Å². The van der Waals surface area contributed by atoms with Crippen LogP contribution in [0.3, 0.4) is 0 Å². The molecule has 1 fully saturated rings. The van der Waals surface area contributed by atoms with E-state index in [1.165, 1.54) is 6.20 Å². The number of nitrogens with one attached hydrogen (secondary N) is 3. The minimum absolute atomic E-state index is 0.0477. The lowest BCUT2D eigenvalue weighted by Gasteiger charge is -2.38. The second-order valence-corrected chi connectivity index (χ2v) is 8.66. The van der Waals surface area contributed by atoms with E-state index in [1.54, 1.807) is 19.9 Å². The minimum Gasteiger partial charge on any atom is -0.381 e. The number of rotatable bonds is 5. The van der Waals surface area contributed by atoms with Gasteiger partial charge in [-0.3, -0.25) is 9.78 Å². The highest BCUT2D eigenvalue weighted by Gasteiger charge is 2.45. The van der Waals surface area contributed by atoms with Gasteiger partial charge in [0.05, 0.1) is 34.0 Å². The summed E-state index contributed by atoms with van der Waals surface area (Å²) in [6.45, 7) is 7.25. The molecule has 0 unspecified atom stereocenters. The average Bonchev–Trinajstić information content (AvgIpc) is 2.34. The van der Waals surface area contributed by atoms with Crippen molar-refractivity contribution in [3.63, 3.8) is 0 Å². The molecule has 23 heavy (non-hydrogen) atoms. The maximum Gasteiger partial charge on any atom is 0.253 e. The maximum absolute atomic E-state index is 12.4. The molecule has 1 aromatic heterocycles. The van der Waals surface area contributed by atoms with Gasteiger partial charge in [0.1, 0.15) is 5.69 Å². The van der Waals surface area contributed by atoms with Crippen LogP contribution in [0.5, 0.6) is 0 Å². The van der Waals surface area contributed by atoms with E-state index in [4.69, 9.17) is 5.41 Å². The van der Waals surface area contributed by atoms with Gasteiger partial charge in [-0.1, -0.05) is 0 Å². The summed E-state index contributed by atoms with van der Waals surface area (Å²) >= 11 is 0. The van der Waals surface area contributed by atoms with Crippen molar-refractivity contribution in [1.29, 1.82) is 5.41 Å². The SMILES string of the molecule is CC(=N)c1ncc(C(=O)NC2(C)CS(=O)(=O)C2)cc1NC(C)C. The van der Waals surface area contributed by atoms with Gasteiger partial charge in [0.15, 0.2) is 9.84 Å². The van der Waals surface area contributed by atoms with Crippen LogP contribution < -0.4 is 10.6 Å². The lowest BCUT2D eigenvalue weighted by atomic mass is 10.1. The van der Waals surface area contributed by atoms with Crippen molar-refractivity contribution in [1.82, 2.24) is 10.3 Å². The van der Waals surface area contributed by atoms with E-state index in [0.29, 0.717) is 22.7 Å². The van der Waals surface area contributed by atoms with Gasteiger partial charge in [-0.25, -0.2) is 8.42 Å². The van der Waals surface area contributed by atoms with Crippen molar-refractivity contribution in [2.45, 2.75) is 39.3 Å². The Labute approximate surface area is 136 Å². The maximum atomic E-state index is 12.4. The standard InChI is InChI=1S/C15H22N4O3S/c1-9(2)18-12-5-11(6-17-13(12)10(3)16)14(20)19-15(4)7-23(21,22)8-15/h5-6,9,16,18H,7-8H2,1-4H3,(H,19,20). The van der Waals surface area contributed by atoms with Crippen molar-refractivity contribution in [2.75, 3.05) is 16.8 Å². The van der Waals surface area contributed by atoms with Crippen LogP contribution in [0, 0.1) is 5.41 Å². The van der Waals surface area contributed by atoms with Gasteiger partial charge >= 0.3 is 0 Å². The second-order valence-electron chi connectivity index (χ2n) is 6.59.